The molecule has 0 saturated heterocycles. The van der Waals surface area contributed by atoms with Gasteiger partial charge in [0.15, 0.2) is 0 Å². The van der Waals surface area contributed by atoms with Gasteiger partial charge in [0.1, 0.15) is 6.04 Å². The second kappa shape index (κ2) is 11.8. The highest BCUT2D eigenvalue weighted by atomic mass is 35.5. The molecule has 1 atom stereocenters. The number of benzene rings is 2. The molecule has 0 aliphatic rings. The van der Waals surface area contributed by atoms with Crippen LogP contribution in [0.1, 0.15) is 50.3 Å². The fourth-order valence-corrected chi connectivity index (χ4v) is 3.67. The van der Waals surface area contributed by atoms with Gasteiger partial charge >= 0.3 is 0 Å². The second-order valence-electron chi connectivity index (χ2n) is 8.17. The Morgan fingerprint density at radius 2 is 1.83 bits per heavy atom. The van der Waals surface area contributed by atoms with Crippen LogP contribution in [0.4, 0.5) is 0 Å². The number of hydrogen-bond donors (Lipinski definition) is 1. The van der Waals surface area contributed by atoms with Crippen molar-refractivity contribution in [1.82, 2.24) is 10.2 Å². The minimum absolute atomic E-state index is 0.0389. The molecule has 0 radical (unpaired) electrons. The molecular weight excluding hydrogens is 396 g/mol. The van der Waals surface area contributed by atoms with Gasteiger partial charge in [0.2, 0.25) is 11.8 Å². The molecule has 5 heteroatoms. The summed E-state index contributed by atoms with van der Waals surface area (Å²) in [5.74, 6) is 0.223. The summed E-state index contributed by atoms with van der Waals surface area (Å²) in [6, 6.07) is 15.1. The molecule has 2 rings (SSSR count). The van der Waals surface area contributed by atoms with Crippen molar-refractivity contribution in [2.45, 2.75) is 59.5 Å². The Morgan fingerprint density at radius 3 is 2.47 bits per heavy atom. The van der Waals surface area contributed by atoms with Gasteiger partial charge in [-0.3, -0.25) is 9.59 Å². The van der Waals surface area contributed by atoms with Crippen LogP contribution in [-0.2, 0) is 22.6 Å². The zero-order valence-corrected chi connectivity index (χ0v) is 19.2. The molecule has 2 aromatic carbocycles. The van der Waals surface area contributed by atoms with E-state index in [2.05, 4.69) is 25.2 Å². The lowest BCUT2D eigenvalue weighted by atomic mass is 10.0. The zero-order valence-electron chi connectivity index (χ0n) is 18.5. The Hall–Kier alpha value is -2.33. The molecular formula is C25H33ClN2O2. The Kier molecular flexibility index (Phi) is 9.38. The summed E-state index contributed by atoms with van der Waals surface area (Å²) in [5, 5.41) is 3.66. The predicted molar refractivity (Wildman–Crippen MR) is 123 cm³/mol. The van der Waals surface area contributed by atoms with Crippen molar-refractivity contribution >= 4 is 23.4 Å². The number of halogens is 1. The minimum Gasteiger partial charge on any atom is -0.354 e. The first-order chi connectivity index (χ1) is 14.3. The summed E-state index contributed by atoms with van der Waals surface area (Å²) < 4.78 is 0. The summed E-state index contributed by atoms with van der Waals surface area (Å²) in [5.41, 5.74) is 3.10. The lowest BCUT2D eigenvalue weighted by Crippen LogP contribution is -2.49. The van der Waals surface area contributed by atoms with E-state index in [9.17, 15) is 9.59 Å². The monoisotopic (exact) mass is 428 g/mol. The molecule has 2 amide bonds. The van der Waals surface area contributed by atoms with Crippen LogP contribution in [-0.4, -0.2) is 29.3 Å². The van der Waals surface area contributed by atoms with E-state index in [1.165, 1.54) is 0 Å². The normalized spacial score (nSPS) is 11.9. The van der Waals surface area contributed by atoms with Crippen molar-refractivity contribution in [3.63, 3.8) is 0 Å². The first-order valence-corrected chi connectivity index (χ1v) is 11.1. The number of nitrogens with one attached hydrogen (secondary N) is 1. The van der Waals surface area contributed by atoms with Crippen LogP contribution < -0.4 is 5.32 Å². The van der Waals surface area contributed by atoms with Gasteiger partial charge in [-0.1, -0.05) is 80.4 Å². The smallest absolute Gasteiger partial charge is 0.242 e. The number of amides is 2. The number of nitrogens with zero attached hydrogens (tertiary/aromatic N) is 1. The van der Waals surface area contributed by atoms with Crippen molar-refractivity contribution < 1.29 is 9.59 Å². The molecule has 4 nitrogen and oxygen atoms in total. The lowest BCUT2D eigenvalue weighted by Gasteiger charge is -2.31. The summed E-state index contributed by atoms with van der Waals surface area (Å²) in [4.78, 5) is 27.9. The van der Waals surface area contributed by atoms with E-state index < -0.39 is 6.04 Å². The Bertz CT molecular complexity index is 851. The van der Waals surface area contributed by atoms with Gasteiger partial charge in [0.05, 0.1) is 0 Å². The maximum Gasteiger partial charge on any atom is 0.242 e. The highest BCUT2D eigenvalue weighted by molar-refractivity contribution is 6.31. The number of carbonyl (C=O) groups excluding carboxylic acids is 2. The molecule has 1 unspecified atom stereocenters. The van der Waals surface area contributed by atoms with Gasteiger partial charge in [-0.25, -0.2) is 0 Å². The van der Waals surface area contributed by atoms with Crippen LogP contribution in [0.25, 0.3) is 0 Å². The third-order valence-corrected chi connectivity index (χ3v) is 5.44. The average molecular weight is 429 g/mol. The van der Waals surface area contributed by atoms with Gasteiger partial charge in [0, 0.05) is 24.5 Å². The first-order valence-electron chi connectivity index (χ1n) is 10.7. The third kappa shape index (κ3) is 7.17. The standard InChI is InChI=1S/C25H33ClN2O2/c1-5-23(25(30)27-16-18(2)3)28(17-20-10-8-9-19(4)15-20)24(29)14-13-21-11-6-7-12-22(21)26/h6-12,15,18,23H,5,13-14,16-17H2,1-4H3,(H,27,30). The maximum atomic E-state index is 13.3. The van der Waals surface area contributed by atoms with Crippen LogP contribution in [0.3, 0.4) is 0 Å². The predicted octanol–water partition coefficient (Wildman–Crippen LogP) is 5.16. The quantitative estimate of drug-likeness (QED) is 0.568. The summed E-state index contributed by atoms with van der Waals surface area (Å²) in [6.07, 6.45) is 1.42. The minimum atomic E-state index is -0.497. The molecule has 2 aromatic rings. The maximum absolute atomic E-state index is 13.3. The second-order valence-corrected chi connectivity index (χ2v) is 8.57. The first kappa shape index (κ1) is 23.9. The van der Waals surface area contributed by atoms with Gasteiger partial charge in [-0.05, 0) is 42.9 Å². The fraction of sp³-hybridized carbons (Fsp3) is 0.440. The lowest BCUT2D eigenvalue weighted by molar-refractivity contribution is -0.141. The SMILES string of the molecule is CCC(C(=O)NCC(C)C)N(Cc1cccc(C)c1)C(=O)CCc1ccccc1Cl. The van der Waals surface area contributed by atoms with Gasteiger partial charge in [0.25, 0.3) is 0 Å². The topological polar surface area (TPSA) is 49.4 Å². The van der Waals surface area contributed by atoms with E-state index in [-0.39, 0.29) is 11.8 Å². The number of rotatable bonds is 10. The summed E-state index contributed by atoms with van der Waals surface area (Å²) in [7, 11) is 0. The molecule has 0 saturated carbocycles. The van der Waals surface area contributed by atoms with E-state index in [4.69, 9.17) is 11.6 Å². The fourth-order valence-electron chi connectivity index (χ4n) is 3.44. The molecule has 0 aromatic heterocycles. The molecule has 0 bridgehead atoms. The van der Waals surface area contributed by atoms with Gasteiger partial charge in [-0.2, -0.15) is 0 Å². The summed E-state index contributed by atoms with van der Waals surface area (Å²) >= 11 is 6.26. The number of carbonyl (C=O) groups is 2. The Labute approximate surface area is 185 Å². The van der Waals surface area contributed by atoms with Crippen LogP contribution in [0, 0.1) is 12.8 Å². The number of aryl methyl sites for hydroxylation is 2. The van der Waals surface area contributed by atoms with Crippen molar-refractivity contribution in [3.8, 4) is 0 Å². The van der Waals surface area contributed by atoms with E-state index >= 15 is 0 Å². The van der Waals surface area contributed by atoms with Crippen molar-refractivity contribution in [1.29, 1.82) is 0 Å². The van der Waals surface area contributed by atoms with E-state index in [0.29, 0.717) is 43.3 Å². The highest BCUT2D eigenvalue weighted by Gasteiger charge is 2.28. The number of hydrogen-bond acceptors (Lipinski definition) is 2. The highest BCUT2D eigenvalue weighted by Crippen LogP contribution is 2.19. The van der Waals surface area contributed by atoms with E-state index in [1.54, 1.807) is 4.90 Å². The van der Waals surface area contributed by atoms with E-state index in [1.807, 2.05) is 56.3 Å². The molecule has 0 aliphatic heterocycles. The van der Waals surface area contributed by atoms with Crippen molar-refractivity contribution in [3.05, 3.63) is 70.2 Å². The molecule has 30 heavy (non-hydrogen) atoms. The average Bonchev–Trinajstić information content (AvgIpc) is 2.71. The Morgan fingerprint density at radius 1 is 1.10 bits per heavy atom. The molecule has 1 N–H and O–H groups in total. The van der Waals surface area contributed by atoms with Crippen LogP contribution in [0.2, 0.25) is 5.02 Å². The summed E-state index contributed by atoms with van der Waals surface area (Å²) in [6.45, 7) is 9.10. The molecule has 162 valence electrons. The molecule has 0 spiro atoms. The molecule has 0 fully saturated rings. The Balaban J connectivity index is 2.21. The van der Waals surface area contributed by atoms with Crippen molar-refractivity contribution in [2.24, 2.45) is 5.92 Å². The van der Waals surface area contributed by atoms with Crippen LogP contribution >= 0.6 is 11.6 Å². The van der Waals surface area contributed by atoms with Gasteiger partial charge < -0.3 is 10.2 Å². The zero-order chi connectivity index (χ0) is 22.1. The van der Waals surface area contributed by atoms with Crippen molar-refractivity contribution in [2.75, 3.05) is 6.54 Å². The third-order valence-electron chi connectivity index (χ3n) is 5.07. The van der Waals surface area contributed by atoms with Crippen LogP contribution in [0.15, 0.2) is 48.5 Å². The van der Waals surface area contributed by atoms with Crippen LogP contribution in [0.5, 0.6) is 0 Å². The molecule has 0 heterocycles. The molecule has 0 aliphatic carbocycles. The van der Waals surface area contributed by atoms with Gasteiger partial charge in [-0.15, -0.1) is 0 Å². The van der Waals surface area contributed by atoms with E-state index in [0.717, 1.165) is 16.7 Å². The largest absolute Gasteiger partial charge is 0.354 e.